The molecule has 3 aromatic rings. The van der Waals surface area contributed by atoms with Gasteiger partial charge in [0.15, 0.2) is 0 Å². The number of hydrogen-bond acceptors (Lipinski definition) is 4. The minimum atomic E-state index is -0.232. The monoisotopic (exact) mass is 337 g/mol. The predicted octanol–water partition coefficient (Wildman–Crippen LogP) is 1.35. The molecule has 128 valence electrons. The summed E-state index contributed by atoms with van der Waals surface area (Å²) in [5.74, 6) is 0.0411. The van der Waals surface area contributed by atoms with E-state index in [0.29, 0.717) is 17.6 Å². The number of benzene rings is 1. The van der Waals surface area contributed by atoms with Crippen molar-refractivity contribution in [2.75, 3.05) is 6.54 Å². The molecule has 4 rings (SSSR count). The van der Waals surface area contributed by atoms with E-state index in [1.807, 2.05) is 40.0 Å². The molecule has 7 nitrogen and oxygen atoms in total. The molecule has 0 spiro atoms. The Balaban J connectivity index is 1.55. The van der Waals surface area contributed by atoms with Crippen LogP contribution in [0.2, 0.25) is 0 Å². The van der Waals surface area contributed by atoms with Crippen molar-refractivity contribution in [3.05, 3.63) is 58.8 Å². The highest BCUT2D eigenvalue weighted by Gasteiger charge is 2.29. The third-order valence-electron chi connectivity index (χ3n) is 4.75. The molecule has 0 saturated carbocycles. The molecule has 1 atom stereocenters. The van der Waals surface area contributed by atoms with Gasteiger partial charge in [-0.3, -0.25) is 14.3 Å². The number of nitrogens with one attached hydrogen (secondary N) is 1. The second kappa shape index (κ2) is 6.51. The van der Waals surface area contributed by atoms with Gasteiger partial charge in [0.05, 0.1) is 30.1 Å². The lowest BCUT2D eigenvalue weighted by atomic mass is 10.1. The zero-order valence-electron chi connectivity index (χ0n) is 13.8. The van der Waals surface area contributed by atoms with Gasteiger partial charge in [0, 0.05) is 24.3 Å². The lowest BCUT2D eigenvalue weighted by molar-refractivity contribution is -0.131. The molecule has 1 aliphatic rings. The second-order valence-corrected chi connectivity index (χ2v) is 6.33. The highest BCUT2D eigenvalue weighted by molar-refractivity contribution is 5.88. The average molecular weight is 337 g/mol. The normalized spacial score (nSPS) is 17.3. The number of aromatic amines is 1. The minimum Gasteiger partial charge on any atom is -0.338 e. The van der Waals surface area contributed by atoms with E-state index in [1.165, 1.54) is 0 Å². The quantitative estimate of drug-likeness (QED) is 0.779. The van der Waals surface area contributed by atoms with Crippen LogP contribution in [-0.2, 0) is 17.8 Å². The van der Waals surface area contributed by atoms with Gasteiger partial charge >= 0.3 is 0 Å². The smallest absolute Gasteiger partial charge is 0.272 e. The van der Waals surface area contributed by atoms with Crippen molar-refractivity contribution in [3.63, 3.8) is 0 Å². The summed E-state index contributed by atoms with van der Waals surface area (Å²) in [5.41, 5.74) is 0.384. The SMILES string of the molecule is O=C(Cc1n[nH]c(=O)c2ccccc12)N1CCC[C@H]1Cn1cccn1. The molecule has 0 bridgehead atoms. The summed E-state index contributed by atoms with van der Waals surface area (Å²) in [6.07, 6.45) is 5.82. The summed E-state index contributed by atoms with van der Waals surface area (Å²) in [7, 11) is 0. The van der Waals surface area contributed by atoms with Crippen LogP contribution in [0.25, 0.3) is 10.8 Å². The summed E-state index contributed by atoms with van der Waals surface area (Å²) >= 11 is 0. The molecular weight excluding hydrogens is 318 g/mol. The Morgan fingerprint density at radius 1 is 1.24 bits per heavy atom. The van der Waals surface area contributed by atoms with Crippen molar-refractivity contribution in [2.45, 2.75) is 31.8 Å². The van der Waals surface area contributed by atoms with Gasteiger partial charge in [-0.1, -0.05) is 18.2 Å². The fourth-order valence-electron chi connectivity index (χ4n) is 3.53. The fourth-order valence-corrected chi connectivity index (χ4v) is 3.53. The number of carbonyl (C=O) groups excluding carboxylic acids is 1. The maximum absolute atomic E-state index is 12.8. The standard InChI is InChI=1S/C18H19N5O2/c24-17(23-10-3-5-13(23)12-22-9-4-8-19-22)11-16-14-6-1-2-7-15(14)18(25)21-20-16/h1-2,4,6-9,13H,3,5,10-12H2,(H,21,25)/t13-/m0/s1. The largest absolute Gasteiger partial charge is 0.338 e. The van der Waals surface area contributed by atoms with Crippen LogP contribution in [0, 0.1) is 0 Å². The maximum atomic E-state index is 12.8. The number of aromatic nitrogens is 4. The zero-order valence-corrected chi connectivity index (χ0v) is 13.8. The summed E-state index contributed by atoms with van der Waals surface area (Å²) < 4.78 is 1.86. The van der Waals surface area contributed by atoms with Crippen LogP contribution in [0.4, 0.5) is 0 Å². The van der Waals surface area contributed by atoms with E-state index in [2.05, 4.69) is 15.3 Å². The van der Waals surface area contributed by atoms with E-state index in [1.54, 1.807) is 12.3 Å². The van der Waals surface area contributed by atoms with Gasteiger partial charge in [-0.25, -0.2) is 5.10 Å². The fraction of sp³-hybridized carbons (Fsp3) is 0.333. The van der Waals surface area contributed by atoms with Crippen LogP contribution in [-0.4, -0.2) is 43.4 Å². The molecule has 1 N–H and O–H groups in total. The Bertz CT molecular complexity index is 948. The molecule has 25 heavy (non-hydrogen) atoms. The van der Waals surface area contributed by atoms with Crippen LogP contribution >= 0.6 is 0 Å². The Hall–Kier alpha value is -2.96. The number of carbonyl (C=O) groups is 1. The van der Waals surface area contributed by atoms with Gasteiger partial charge in [-0.05, 0) is 25.0 Å². The van der Waals surface area contributed by atoms with E-state index in [0.717, 1.165) is 24.8 Å². The third kappa shape index (κ3) is 3.05. The molecule has 1 amide bonds. The molecule has 0 aliphatic carbocycles. The second-order valence-electron chi connectivity index (χ2n) is 6.33. The highest BCUT2D eigenvalue weighted by atomic mass is 16.2. The number of amides is 1. The van der Waals surface area contributed by atoms with Crippen LogP contribution in [0.15, 0.2) is 47.5 Å². The van der Waals surface area contributed by atoms with Crippen molar-refractivity contribution in [2.24, 2.45) is 0 Å². The number of nitrogens with zero attached hydrogens (tertiary/aromatic N) is 4. The first-order valence-corrected chi connectivity index (χ1v) is 8.45. The Morgan fingerprint density at radius 2 is 2.08 bits per heavy atom. The summed E-state index contributed by atoms with van der Waals surface area (Å²) in [6.45, 7) is 1.46. The third-order valence-corrected chi connectivity index (χ3v) is 4.75. The first kappa shape index (κ1) is 15.6. The number of H-pyrrole nitrogens is 1. The molecule has 1 aliphatic heterocycles. The Kier molecular flexibility index (Phi) is 4.05. The highest BCUT2D eigenvalue weighted by Crippen LogP contribution is 2.21. The summed E-state index contributed by atoms with van der Waals surface area (Å²) in [6, 6.07) is 9.29. The van der Waals surface area contributed by atoms with Crippen LogP contribution in [0.1, 0.15) is 18.5 Å². The van der Waals surface area contributed by atoms with Crippen molar-refractivity contribution >= 4 is 16.7 Å². The first-order valence-electron chi connectivity index (χ1n) is 8.45. The molecule has 1 saturated heterocycles. The number of rotatable bonds is 4. The van der Waals surface area contributed by atoms with Crippen molar-refractivity contribution < 1.29 is 4.79 Å². The summed E-state index contributed by atoms with van der Waals surface area (Å²) in [4.78, 5) is 26.6. The number of fused-ring (bicyclic) bond motifs is 1. The van der Waals surface area contributed by atoms with Gasteiger partial charge in [0.25, 0.3) is 5.56 Å². The Labute approximate surface area is 144 Å². The number of likely N-dealkylation sites (tertiary alicyclic amines) is 1. The average Bonchev–Trinajstić information content (AvgIpc) is 3.30. The van der Waals surface area contributed by atoms with Gasteiger partial charge < -0.3 is 4.90 Å². The van der Waals surface area contributed by atoms with Gasteiger partial charge in [-0.2, -0.15) is 10.2 Å². The van der Waals surface area contributed by atoms with Crippen LogP contribution < -0.4 is 5.56 Å². The molecule has 7 heteroatoms. The van der Waals surface area contributed by atoms with E-state index in [4.69, 9.17) is 0 Å². The predicted molar refractivity (Wildman–Crippen MR) is 93.0 cm³/mol. The summed E-state index contributed by atoms with van der Waals surface area (Å²) in [5, 5.41) is 12.1. The zero-order chi connectivity index (χ0) is 17.2. The number of hydrogen-bond donors (Lipinski definition) is 1. The molecule has 0 unspecified atom stereocenters. The van der Waals surface area contributed by atoms with Gasteiger partial charge in [-0.15, -0.1) is 0 Å². The molecule has 3 heterocycles. The molecule has 0 radical (unpaired) electrons. The van der Waals surface area contributed by atoms with Crippen molar-refractivity contribution in [1.29, 1.82) is 0 Å². The van der Waals surface area contributed by atoms with Gasteiger partial charge in [0.2, 0.25) is 5.91 Å². The minimum absolute atomic E-state index is 0.0411. The van der Waals surface area contributed by atoms with Crippen molar-refractivity contribution in [1.82, 2.24) is 24.9 Å². The van der Waals surface area contributed by atoms with E-state index in [-0.39, 0.29) is 23.9 Å². The Morgan fingerprint density at radius 3 is 2.88 bits per heavy atom. The lowest BCUT2D eigenvalue weighted by Gasteiger charge is -2.24. The van der Waals surface area contributed by atoms with Crippen LogP contribution in [0.5, 0.6) is 0 Å². The first-order chi connectivity index (χ1) is 12.2. The molecular formula is C18H19N5O2. The van der Waals surface area contributed by atoms with Crippen LogP contribution in [0.3, 0.4) is 0 Å². The van der Waals surface area contributed by atoms with E-state index < -0.39 is 0 Å². The molecule has 2 aromatic heterocycles. The van der Waals surface area contributed by atoms with Gasteiger partial charge in [0.1, 0.15) is 0 Å². The topological polar surface area (TPSA) is 83.9 Å². The molecule has 1 aromatic carbocycles. The maximum Gasteiger partial charge on any atom is 0.272 e. The lowest BCUT2D eigenvalue weighted by Crippen LogP contribution is -2.39. The van der Waals surface area contributed by atoms with Crippen molar-refractivity contribution in [3.8, 4) is 0 Å². The van der Waals surface area contributed by atoms with E-state index >= 15 is 0 Å². The van der Waals surface area contributed by atoms with E-state index in [9.17, 15) is 9.59 Å². The molecule has 1 fully saturated rings.